The number of aromatic nitrogens is 2. The third-order valence-electron chi connectivity index (χ3n) is 3.55. The van der Waals surface area contributed by atoms with Gasteiger partial charge in [0.2, 0.25) is 0 Å². The number of β-amino-alcohol motifs (C(OH)–C–C–N with tert-alkyl or cyclic N) is 1. The van der Waals surface area contributed by atoms with Crippen LogP contribution in [0.2, 0.25) is 0 Å². The Morgan fingerprint density at radius 2 is 2.00 bits per heavy atom. The fourth-order valence-electron chi connectivity index (χ4n) is 2.59. The van der Waals surface area contributed by atoms with Crippen LogP contribution in [-0.2, 0) is 4.79 Å². The van der Waals surface area contributed by atoms with Gasteiger partial charge in [0.1, 0.15) is 11.6 Å². The highest BCUT2D eigenvalue weighted by atomic mass is 16.4. The van der Waals surface area contributed by atoms with E-state index in [1.807, 2.05) is 0 Å². The fraction of sp³-hybridized carbons (Fsp3) is 0.286. The van der Waals surface area contributed by atoms with E-state index in [9.17, 15) is 19.8 Å². The molecule has 1 aliphatic rings. The smallest absolute Gasteiger partial charge is 0.326 e. The monoisotopic (exact) mass is 287 g/mol. The van der Waals surface area contributed by atoms with Crippen molar-refractivity contribution in [3.8, 4) is 0 Å². The van der Waals surface area contributed by atoms with Gasteiger partial charge in [-0.2, -0.15) is 0 Å². The van der Waals surface area contributed by atoms with Gasteiger partial charge in [0, 0.05) is 25.4 Å². The summed E-state index contributed by atoms with van der Waals surface area (Å²) in [6, 6.07) is 3.97. The second-order valence-corrected chi connectivity index (χ2v) is 4.93. The van der Waals surface area contributed by atoms with E-state index in [0.29, 0.717) is 16.6 Å². The molecule has 2 aromatic rings. The number of para-hydroxylation sites is 1. The van der Waals surface area contributed by atoms with Crippen LogP contribution >= 0.6 is 0 Å². The quantitative estimate of drug-likeness (QED) is 0.822. The standard InChI is InChI=1S/C14H13N3O4/c18-8-6-11(14(20)21)17(7-8)13(19)9-2-1-3-10-12(9)16-5-4-15-10/h1-5,8,11,18H,6-7H2,(H,20,21)/t8?,11-/m0/s1. The number of aliphatic hydroxyl groups excluding tert-OH is 1. The van der Waals surface area contributed by atoms with Gasteiger partial charge in [0.05, 0.1) is 17.2 Å². The van der Waals surface area contributed by atoms with Gasteiger partial charge in [-0.15, -0.1) is 0 Å². The largest absolute Gasteiger partial charge is 0.480 e. The lowest BCUT2D eigenvalue weighted by Crippen LogP contribution is -2.40. The second-order valence-electron chi connectivity index (χ2n) is 4.93. The van der Waals surface area contributed by atoms with Gasteiger partial charge in [-0.05, 0) is 12.1 Å². The Morgan fingerprint density at radius 3 is 2.76 bits per heavy atom. The predicted molar refractivity (Wildman–Crippen MR) is 72.6 cm³/mol. The van der Waals surface area contributed by atoms with Crippen LogP contribution < -0.4 is 0 Å². The number of carboxylic acids is 1. The average Bonchev–Trinajstić information content (AvgIpc) is 2.88. The highest BCUT2D eigenvalue weighted by molar-refractivity contribution is 6.05. The van der Waals surface area contributed by atoms with E-state index in [4.69, 9.17) is 0 Å². The summed E-state index contributed by atoms with van der Waals surface area (Å²) in [4.78, 5) is 33.3. The maximum Gasteiger partial charge on any atom is 0.326 e. The van der Waals surface area contributed by atoms with Gasteiger partial charge in [-0.25, -0.2) is 4.79 Å². The first-order valence-electron chi connectivity index (χ1n) is 6.49. The van der Waals surface area contributed by atoms with Crippen LogP contribution in [0.25, 0.3) is 11.0 Å². The maximum absolute atomic E-state index is 12.6. The molecular weight excluding hydrogens is 274 g/mol. The van der Waals surface area contributed by atoms with E-state index in [1.165, 1.54) is 17.3 Å². The topological polar surface area (TPSA) is 104 Å². The number of benzene rings is 1. The van der Waals surface area contributed by atoms with Crippen LogP contribution in [0.15, 0.2) is 30.6 Å². The summed E-state index contributed by atoms with van der Waals surface area (Å²) < 4.78 is 0. The Hall–Kier alpha value is -2.54. The molecule has 7 nitrogen and oxygen atoms in total. The lowest BCUT2D eigenvalue weighted by atomic mass is 10.1. The second kappa shape index (κ2) is 5.10. The molecule has 1 unspecified atom stereocenters. The van der Waals surface area contributed by atoms with Crippen LogP contribution in [0, 0.1) is 0 Å². The Balaban J connectivity index is 2.02. The first-order valence-corrected chi connectivity index (χ1v) is 6.49. The fourth-order valence-corrected chi connectivity index (χ4v) is 2.59. The molecule has 0 spiro atoms. The third-order valence-corrected chi connectivity index (χ3v) is 3.55. The highest BCUT2D eigenvalue weighted by Crippen LogP contribution is 2.23. The van der Waals surface area contributed by atoms with E-state index in [2.05, 4.69) is 9.97 Å². The predicted octanol–water partition coefficient (Wildman–Crippen LogP) is 0.290. The van der Waals surface area contributed by atoms with Crippen LogP contribution in [0.4, 0.5) is 0 Å². The van der Waals surface area contributed by atoms with E-state index < -0.39 is 24.0 Å². The van der Waals surface area contributed by atoms with Gasteiger partial charge in [0.15, 0.2) is 0 Å². The zero-order chi connectivity index (χ0) is 15.0. The molecule has 0 bridgehead atoms. The van der Waals surface area contributed by atoms with Gasteiger partial charge in [-0.3, -0.25) is 14.8 Å². The first kappa shape index (κ1) is 13.4. The Morgan fingerprint density at radius 1 is 1.24 bits per heavy atom. The number of carbonyl (C=O) groups excluding carboxylic acids is 1. The van der Waals surface area contributed by atoms with Crippen molar-refractivity contribution in [1.82, 2.24) is 14.9 Å². The number of nitrogens with zero attached hydrogens (tertiary/aromatic N) is 3. The van der Waals surface area contributed by atoms with Crippen molar-refractivity contribution in [2.45, 2.75) is 18.6 Å². The molecule has 21 heavy (non-hydrogen) atoms. The van der Waals surface area contributed by atoms with Crippen LogP contribution in [0.5, 0.6) is 0 Å². The normalized spacial score (nSPS) is 21.7. The molecule has 1 amide bonds. The molecule has 1 fully saturated rings. The number of carbonyl (C=O) groups is 2. The Labute approximate surface area is 119 Å². The lowest BCUT2D eigenvalue weighted by Gasteiger charge is -2.21. The van der Waals surface area contributed by atoms with Gasteiger partial charge in [0.25, 0.3) is 5.91 Å². The van der Waals surface area contributed by atoms with Crippen LogP contribution in [0.3, 0.4) is 0 Å². The summed E-state index contributed by atoms with van der Waals surface area (Å²) in [5, 5.41) is 18.8. The van der Waals surface area contributed by atoms with Gasteiger partial charge < -0.3 is 15.1 Å². The number of aliphatic carboxylic acids is 1. The molecule has 1 saturated heterocycles. The molecule has 0 radical (unpaired) electrons. The molecule has 108 valence electrons. The van der Waals surface area contributed by atoms with E-state index in [1.54, 1.807) is 18.2 Å². The van der Waals surface area contributed by atoms with E-state index in [-0.39, 0.29) is 13.0 Å². The van der Waals surface area contributed by atoms with Crippen molar-refractivity contribution in [1.29, 1.82) is 0 Å². The summed E-state index contributed by atoms with van der Waals surface area (Å²) in [5.41, 5.74) is 1.28. The van der Waals surface area contributed by atoms with E-state index >= 15 is 0 Å². The van der Waals surface area contributed by atoms with Crippen molar-refractivity contribution in [3.05, 3.63) is 36.2 Å². The molecular formula is C14H13N3O4. The minimum Gasteiger partial charge on any atom is -0.480 e. The zero-order valence-corrected chi connectivity index (χ0v) is 11.0. The number of aliphatic hydroxyl groups is 1. The number of likely N-dealkylation sites (tertiary alicyclic amines) is 1. The highest BCUT2D eigenvalue weighted by Gasteiger charge is 2.39. The average molecular weight is 287 g/mol. The summed E-state index contributed by atoms with van der Waals surface area (Å²) in [6.07, 6.45) is 2.22. The van der Waals surface area contributed by atoms with Crippen molar-refractivity contribution in [2.24, 2.45) is 0 Å². The Bertz CT molecular complexity index is 713. The van der Waals surface area contributed by atoms with Crippen molar-refractivity contribution in [2.75, 3.05) is 6.54 Å². The molecule has 2 atom stereocenters. The molecule has 1 aliphatic heterocycles. The SMILES string of the molecule is O=C(O)[C@@H]1CC(O)CN1C(=O)c1cccc2nccnc12. The number of hydrogen-bond acceptors (Lipinski definition) is 5. The van der Waals surface area contributed by atoms with Gasteiger partial charge >= 0.3 is 5.97 Å². The molecule has 2 heterocycles. The zero-order valence-electron chi connectivity index (χ0n) is 11.0. The number of carboxylic acid groups (broad SMARTS) is 1. The number of hydrogen-bond donors (Lipinski definition) is 2. The molecule has 7 heteroatoms. The van der Waals surface area contributed by atoms with Crippen molar-refractivity contribution in [3.63, 3.8) is 0 Å². The number of rotatable bonds is 2. The van der Waals surface area contributed by atoms with E-state index in [0.717, 1.165) is 0 Å². The summed E-state index contributed by atoms with van der Waals surface area (Å²) in [7, 11) is 0. The third kappa shape index (κ3) is 2.31. The molecule has 2 N–H and O–H groups in total. The lowest BCUT2D eigenvalue weighted by molar-refractivity contribution is -0.141. The van der Waals surface area contributed by atoms with Crippen LogP contribution in [0.1, 0.15) is 16.8 Å². The summed E-state index contributed by atoms with van der Waals surface area (Å²) >= 11 is 0. The minimum absolute atomic E-state index is 0.00640. The van der Waals surface area contributed by atoms with Gasteiger partial charge in [-0.1, -0.05) is 6.07 Å². The summed E-state index contributed by atoms with van der Waals surface area (Å²) in [5.74, 6) is -1.57. The molecule has 0 saturated carbocycles. The molecule has 1 aromatic heterocycles. The van der Waals surface area contributed by atoms with Crippen molar-refractivity contribution < 1.29 is 19.8 Å². The molecule has 0 aliphatic carbocycles. The maximum atomic E-state index is 12.6. The molecule has 1 aromatic carbocycles. The number of amides is 1. The molecule has 3 rings (SSSR count). The van der Waals surface area contributed by atoms with Crippen LogP contribution in [-0.4, -0.2) is 55.6 Å². The Kier molecular flexibility index (Phi) is 3.26. The summed E-state index contributed by atoms with van der Waals surface area (Å²) in [6.45, 7) is 0.00640. The number of fused-ring (bicyclic) bond motifs is 1. The van der Waals surface area contributed by atoms with Crippen molar-refractivity contribution >= 4 is 22.9 Å². The first-order chi connectivity index (χ1) is 10.1. The minimum atomic E-state index is -1.12.